The molecule has 0 saturated carbocycles. The van der Waals surface area contributed by atoms with E-state index in [1.807, 2.05) is 0 Å². The molecule has 0 spiro atoms. The second-order valence-electron chi connectivity index (χ2n) is 6.56. The van der Waals surface area contributed by atoms with Gasteiger partial charge in [0.05, 0.1) is 22.4 Å². The number of halogens is 3. The third-order valence-corrected chi connectivity index (χ3v) is 5.37. The minimum absolute atomic E-state index is 0.0381. The number of benzene rings is 2. The van der Waals surface area contributed by atoms with Gasteiger partial charge in [-0.25, -0.2) is 4.98 Å². The predicted octanol–water partition coefficient (Wildman–Crippen LogP) is 4.63. The lowest BCUT2D eigenvalue weighted by molar-refractivity contribution is -0.137. The molecule has 0 fully saturated rings. The number of nitrogens with one attached hydrogen (secondary N) is 1. The third kappa shape index (κ3) is 4.67. The van der Waals surface area contributed by atoms with E-state index in [0.29, 0.717) is 40.6 Å². The maximum Gasteiger partial charge on any atom is 0.416 e. The van der Waals surface area contributed by atoms with Crippen molar-refractivity contribution in [3.63, 3.8) is 0 Å². The summed E-state index contributed by atoms with van der Waals surface area (Å²) >= 11 is 1.02. The number of alkyl halides is 3. The van der Waals surface area contributed by atoms with E-state index in [9.17, 15) is 23.2 Å². The van der Waals surface area contributed by atoms with Gasteiger partial charge < -0.3 is 14.8 Å². The molecule has 10 heteroatoms. The van der Waals surface area contributed by atoms with Crippen LogP contribution in [-0.4, -0.2) is 29.9 Å². The summed E-state index contributed by atoms with van der Waals surface area (Å²) in [5, 5.41) is 12.9. The highest BCUT2D eigenvalue weighted by molar-refractivity contribution is 8.00. The maximum atomic E-state index is 12.8. The molecule has 1 N–H and O–H groups in total. The molecule has 6 nitrogen and oxygen atoms in total. The van der Waals surface area contributed by atoms with Gasteiger partial charge in [-0.05, 0) is 30.3 Å². The SMILES string of the molecule is N#Cc1cc2cc3c(cc2nc1SCC(=O)Nc1cccc(C(F)(F)F)c1)OCCO3. The number of hydrogen-bond donors (Lipinski definition) is 1. The number of pyridine rings is 1. The summed E-state index contributed by atoms with van der Waals surface area (Å²) in [4.78, 5) is 16.7. The Hall–Kier alpha value is -3.45. The van der Waals surface area contributed by atoms with Crippen LogP contribution in [0, 0.1) is 11.3 Å². The summed E-state index contributed by atoms with van der Waals surface area (Å²) in [6.07, 6.45) is -4.50. The average molecular weight is 445 g/mol. The van der Waals surface area contributed by atoms with Crippen molar-refractivity contribution in [3.05, 3.63) is 53.6 Å². The molecule has 158 valence electrons. The fourth-order valence-corrected chi connectivity index (χ4v) is 3.75. The lowest BCUT2D eigenvalue weighted by Gasteiger charge is -2.18. The zero-order valence-corrected chi connectivity index (χ0v) is 16.6. The minimum Gasteiger partial charge on any atom is -0.486 e. The molecule has 0 aliphatic carbocycles. The molecular weight excluding hydrogens is 431 g/mol. The molecule has 0 unspecified atom stereocenters. The summed E-state index contributed by atoms with van der Waals surface area (Å²) in [5.41, 5.74) is 0.0386. The van der Waals surface area contributed by atoms with Crippen molar-refractivity contribution in [2.45, 2.75) is 11.2 Å². The van der Waals surface area contributed by atoms with E-state index in [0.717, 1.165) is 23.9 Å². The molecule has 31 heavy (non-hydrogen) atoms. The summed E-state index contributed by atoms with van der Waals surface area (Å²) in [6.45, 7) is 0.859. The normalized spacial score (nSPS) is 13.0. The number of nitrogens with zero attached hydrogens (tertiary/aromatic N) is 2. The van der Waals surface area contributed by atoms with Gasteiger partial charge in [-0.2, -0.15) is 18.4 Å². The van der Waals surface area contributed by atoms with Crippen molar-refractivity contribution < 1.29 is 27.4 Å². The number of ether oxygens (including phenoxy) is 2. The van der Waals surface area contributed by atoms with E-state index in [-0.39, 0.29) is 17.0 Å². The maximum absolute atomic E-state index is 12.8. The van der Waals surface area contributed by atoms with Gasteiger partial charge in [-0.3, -0.25) is 4.79 Å². The molecular formula is C21H14F3N3O3S. The Morgan fingerprint density at radius 1 is 1.16 bits per heavy atom. The number of thioether (sulfide) groups is 1. The first kappa shape index (κ1) is 20.8. The van der Waals surface area contributed by atoms with E-state index < -0.39 is 17.6 Å². The van der Waals surface area contributed by atoms with Crippen molar-refractivity contribution in [2.75, 3.05) is 24.3 Å². The molecule has 1 aliphatic rings. The number of rotatable bonds is 4. The Bertz CT molecular complexity index is 1210. The topological polar surface area (TPSA) is 84.2 Å². The molecule has 3 aromatic rings. The number of anilines is 1. The van der Waals surface area contributed by atoms with Gasteiger partial charge in [0.25, 0.3) is 0 Å². The summed E-state index contributed by atoms with van der Waals surface area (Å²) in [7, 11) is 0. The van der Waals surface area contributed by atoms with Crippen LogP contribution in [0.15, 0.2) is 47.5 Å². The molecule has 0 radical (unpaired) electrons. The van der Waals surface area contributed by atoms with Crippen LogP contribution in [0.5, 0.6) is 11.5 Å². The predicted molar refractivity (Wildman–Crippen MR) is 108 cm³/mol. The van der Waals surface area contributed by atoms with Gasteiger partial charge in [-0.1, -0.05) is 17.8 Å². The van der Waals surface area contributed by atoms with Gasteiger partial charge in [0, 0.05) is 17.1 Å². The van der Waals surface area contributed by atoms with Gasteiger partial charge in [-0.15, -0.1) is 0 Å². The zero-order chi connectivity index (χ0) is 22.0. The summed E-state index contributed by atoms with van der Waals surface area (Å²) in [6, 6.07) is 11.5. The van der Waals surface area contributed by atoms with Crippen LogP contribution < -0.4 is 14.8 Å². The first-order valence-electron chi connectivity index (χ1n) is 9.08. The highest BCUT2D eigenvalue weighted by atomic mass is 32.2. The molecule has 0 atom stereocenters. The monoisotopic (exact) mass is 445 g/mol. The van der Waals surface area contributed by atoms with E-state index >= 15 is 0 Å². The Labute approximate surface area is 179 Å². The summed E-state index contributed by atoms with van der Waals surface area (Å²) < 4.78 is 49.5. The van der Waals surface area contributed by atoms with E-state index in [1.54, 1.807) is 18.2 Å². The molecule has 1 amide bonds. The minimum atomic E-state index is -4.50. The van der Waals surface area contributed by atoms with Crippen LogP contribution in [-0.2, 0) is 11.0 Å². The van der Waals surface area contributed by atoms with Gasteiger partial charge in [0.15, 0.2) is 11.5 Å². The number of hydrogen-bond acceptors (Lipinski definition) is 6. The molecule has 0 saturated heterocycles. The molecule has 2 aromatic carbocycles. The van der Waals surface area contributed by atoms with Crippen molar-refractivity contribution in [1.82, 2.24) is 4.98 Å². The van der Waals surface area contributed by atoms with Crippen LogP contribution in [0.4, 0.5) is 18.9 Å². The Morgan fingerprint density at radius 3 is 2.61 bits per heavy atom. The number of fused-ring (bicyclic) bond motifs is 2. The van der Waals surface area contributed by atoms with Crippen LogP contribution in [0.1, 0.15) is 11.1 Å². The smallest absolute Gasteiger partial charge is 0.416 e. The Balaban J connectivity index is 1.50. The highest BCUT2D eigenvalue weighted by Gasteiger charge is 2.30. The van der Waals surface area contributed by atoms with Crippen LogP contribution in [0.25, 0.3) is 10.9 Å². The van der Waals surface area contributed by atoms with Crippen LogP contribution in [0.2, 0.25) is 0 Å². The molecule has 1 aromatic heterocycles. The lowest BCUT2D eigenvalue weighted by Crippen LogP contribution is -2.15. The average Bonchev–Trinajstić information content (AvgIpc) is 2.75. The van der Waals surface area contributed by atoms with Crippen molar-refractivity contribution >= 4 is 34.3 Å². The number of carbonyl (C=O) groups excluding carboxylic acids is 1. The second kappa shape index (κ2) is 8.35. The third-order valence-electron chi connectivity index (χ3n) is 4.38. The van der Waals surface area contributed by atoms with E-state index in [4.69, 9.17) is 9.47 Å². The van der Waals surface area contributed by atoms with E-state index in [1.165, 1.54) is 12.1 Å². The van der Waals surface area contributed by atoms with Crippen LogP contribution in [0.3, 0.4) is 0 Å². The fourth-order valence-electron chi connectivity index (χ4n) is 2.99. The second-order valence-corrected chi connectivity index (χ2v) is 7.52. The number of amides is 1. The zero-order valence-electron chi connectivity index (χ0n) is 15.8. The van der Waals surface area contributed by atoms with Gasteiger partial charge >= 0.3 is 6.18 Å². The number of aromatic nitrogens is 1. The van der Waals surface area contributed by atoms with E-state index in [2.05, 4.69) is 16.4 Å². The van der Waals surface area contributed by atoms with Crippen molar-refractivity contribution in [2.24, 2.45) is 0 Å². The standard InChI is InChI=1S/C21H14F3N3O3S/c22-21(23,24)14-2-1-3-15(8-14)26-19(28)11-31-20-13(10-25)6-12-7-17-18(9-16(12)27-20)30-5-4-29-17/h1-3,6-9H,4-5,11H2,(H,26,28). The van der Waals surface area contributed by atoms with Gasteiger partial charge in [0.2, 0.25) is 5.91 Å². The van der Waals surface area contributed by atoms with Crippen molar-refractivity contribution in [3.8, 4) is 17.6 Å². The lowest BCUT2D eigenvalue weighted by atomic mass is 10.1. The van der Waals surface area contributed by atoms with Gasteiger partial charge in [0.1, 0.15) is 24.3 Å². The first-order chi connectivity index (χ1) is 14.8. The quantitative estimate of drug-likeness (QED) is 0.590. The molecule has 2 heterocycles. The highest BCUT2D eigenvalue weighted by Crippen LogP contribution is 2.36. The number of nitriles is 1. The largest absolute Gasteiger partial charge is 0.486 e. The van der Waals surface area contributed by atoms with Crippen molar-refractivity contribution in [1.29, 1.82) is 5.26 Å². The Kier molecular flexibility index (Phi) is 5.61. The van der Waals surface area contributed by atoms with Crippen LogP contribution >= 0.6 is 11.8 Å². The molecule has 0 bridgehead atoms. The fraction of sp³-hybridized carbons (Fsp3) is 0.190. The molecule has 4 rings (SSSR count). The Morgan fingerprint density at radius 2 is 1.90 bits per heavy atom. The number of carbonyl (C=O) groups is 1. The first-order valence-corrected chi connectivity index (χ1v) is 10.1. The molecule has 1 aliphatic heterocycles. The summed E-state index contributed by atoms with van der Waals surface area (Å²) in [5.74, 6) is 0.477.